The van der Waals surface area contributed by atoms with Crippen LogP contribution in [-0.4, -0.2) is 48.1 Å². The van der Waals surface area contributed by atoms with Crippen molar-refractivity contribution in [1.82, 2.24) is 4.90 Å². The van der Waals surface area contributed by atoms with Crippen LogP contribution in [-0.2, 0) is 9.59 Å². The van der Waals surface area contributed by atoms with Crippen LogP contribution in [0.4, 0.5) is 5.69 Å². The number of para-hydroxylation sites is 1. The maximum atomic E-state index is 13.0. The number of carbonyl (C=O) groups excluding carboxylic acids is 1. The Morgan fingerprint density at radius 2 is 1.54 bits per heavy atom. The maximum absolute atomic E-state index is 13.0. The average Bonchev–Trinajstić information content (AvgIpc) is 3.23. The molecule has 1 aromatic carbocycles. The van der Waals surface area contributed by atoms with Crippen molar-refractivity contribution in [3.8, 4) is 0 Å². The van der Waals surface area contributed by atoms with Crippen molar-refractivity contribution in [1.29, 1.82) is 0 Å². The molecule has 3 aliphatic rings. The second-order valence-electron chi connectivity index (χ2n) is 7.37. The summed E-state index contributed by atoms with van der Waals surface area (Å²) in [6.45, 7) is 3.00. The van der Waals surface area contributed by atoms with Gasteiger partial charge in [0.25, 0.3) is 0 Å². The van der Waals surface area contributed by atoms with Crippen molar-refractivity contribution in [2.45, 2.75) is 19.3 Å². The predicted molar refractivity (Wildman–Crippen MR) is 90.7 cm³/mol. The first-order chi connectivity index (χ1) is 11.6. The topological polar surface area (TPSA) is 60.9 Å². The van der Waals surface area contributed by atoms with E-state index in [0.29, 0.717) is 13.1 Å². The van der Waals surface area contributed by atoms with Crippen LogP contribution in [0.25, 0.3) is 0 Å². The summed E-state index contributed by atoms with van der Waals surface area (Å²) in [6, 6.07) is 10.2. The van der Waals surface area contributed by atoms with Gasteiger partial charge in [-0.3, -0.25) is 9.59 Å². The number of nitrogens with zero attached hydrogens (tertiary/aromatic N) is 2. The van der Waals surface area contributed by atoms with Gasteiger partial charge in [0.1, 0.15) is 0 Å². The second-order valence-corrected chi connectivity index (χ2v) is 7.37. The molecule has 1 N–H and O–H groups in total. The Bertz CT molecular complexity index is 625. The van der Waals surface area contributed by atoms with Crippen molar-refractivity contribution < 1.29 is 14.7 Å². The molecule has 2 saturated carbocycles. The van der Waals surface area contributed by atoms with E-state index >= 15 is 0 Å². The van der Waals surface area contributed by atoms with E-state index in [0.717, 1.165) is 32.4 Å². The van der Waals surface area contributed by atoms with Crippen molar-refractivity contribution in [2.75, 3.05) is 31.1 Å². The fraction of sp³-hybridized carbons (Fsp3) is 0.579. The van der Waals surface area contributed by atoms with Crippen molar-refractivity contribution in [3.05, 3.63) is 30.3 Å². The highest BCUT2D eigenvalue weighted by atomic mass is 16.4. The van der Waals surface area contributed by atoms with Crippen LogP contribution < -0.4 is 4.90 Å². The Morgan fingerprint density at radius 1 is 0.917 bits per heavy atom. The third-order valence-electron chi connectivity index (χ3n) is 6.20. The van der Waals surface area contributed by atoms with E-state index in [2.05, 4.69) is 17.0 Å². The molecule has 1 aliphatic heterocycles. The summed E-state index contributed by atoms with van der Waals surface area (Å²) in [4.78, 5) is 28.8. The van der Waals surface area contributed by atoms with Crippen LogP contribution in [0.1, 0.15) is 19.3 Å². The molecule has 4 atom stereocenters. The highest BCUT2D eigenvalue weighted by Crippen LogP contribution is 2.53. The van der Waals surface area contributed by atoms with E-state index in [4.69, 9.17) is 0 Å². The molecule has 0 spiro atoms. The van der Waals surface area contributed by atoms with Gasteiger partial charge in [0.15, 0.2) is 0 Å². The van der Waals surface area contributed by atoms with Crippen LogP contribution in [0.5, 0.6) is 0 Å². The molecule has 1 amide bonds. The molecule has 0 unspecified atom stereocenters. The summed E-state index contributed by atoms with van der Waals surface area (Å²) < 4.78 is 0. The highest BCUT2D eigenvalue weighted by Gasteiger charge is 2.54. The summed E-state index contributed by atoms with van der Waals surface area (Å²) in [5, 5.41) is 9.56. The maximum Gasteiger partial charge on any atom is 0.307 e. The van der Waals surface area contributed by atoms with Gasteiger partial charge in [-0.25, -0.2) is 0 Å². The lowest BCUT2D eigenvalue weighted by Crippen LogP contribution is -2.52. The lowest BCUT2D eigenvalue weighted by atomic mass is 9.78. The molecule has 5 nitrogen and oxygen atoms in total. The number of hydrogen-bond donors (Lipinski definition) is 1. The Hall–Kier alpha value is -2.04. The van der Waals surface area contributed by atoms with Gasteiger partial charge in [-0.2, -0.15) is 0 Å². The van der Waals surface area contributed by atoms with Gasteiger partial charge in [0.2, 0.25) is 5.91 Å². The van der Waals surface area contributed by atoms with Crippen molar-refractivity contribution in [2.24, 2.45) is 23.7 Å². The minimum Gasteiger partial charge on any atom is -0.481 e. The van der Waals surface area contributed by atoms with Gasteiger partial charge in [0.05, 0.1) is 11.8 Å². The summed E-state index contributed by atoms with van der Waals surface area (Å²) in [5.74, 6) is -0.929. The average molecular weight is 328 g/mol. The smallest absolute Gasteiger partial charge is 0.307 e. The molecule has 4 rings (SSSR count). The van der Waals surface area contributed by atoms with Crippen LogP contribution >= 0.6 is 0 Å². The monoisotopic (exact) mass is 328 g/mol. The SMILES string of the molecule is O=C(O)[C@H]1[C@H]2CC[C@H](C2)[C@H]1C(=O)N1CCN(c2ccccc2)CC1. The molecule has 0 aromatic heterocycles. The number of fused-ring (bicyclic) bond motifs is 2. The van der Waals surface area contributed by atoms with Crippen molar-refractivity contribution in [3.63, 3.8) is 0 Å². The first-order valence-electron chi connectivity index (χ1n) is 8.97. The van der Waals surface area contributed by atoms with Crippen LogP contribution in [0.15, 0.2) is 30.3 Å². The third-order valence-corrected chi connectivity index (χ3v) is 6.20. The molecule has 2 aliphatic carbocycles. The fourth-order valence-corrected chi connectivity index (χ4v) is 5.04. The molecule has 24 heavy (non-hydrogen) atoms. The molecule has 1 heterocycles. The van der Waals surface area contributed by atoms with Gasteiger partial charge in [-0.05, 0) is 43.2 Å². The number of benzene rings is 1. The Kier molecular flexibility index (Phi) is 3.94. The van der Waals surface area contributed by atoms with Gasteiger partial charge in [0, 0.05) is 31.9 Å². The standard InChI is InChI=1S/C19H24N2O3/c22-18(16-13-6-7-14(12-13)17(16)19(23)24)21-10-8-20(9-11-21)15-4-2-1-3-5-15/h1-5,13-14,16-17H,6-12H2,(H,23,24)/t13-,14+,16-,17+/m1/s1. The summed E-state index contributed by atoms with van der Waals surface area (Å²) >= 11 is 0. The zero-order valence-corrected chi connectivity index (χ0v) is 13.8. The number of amides is 1. The second kappa shape index (κ2) is 6.11. The minimum atomic E-state index is -0.775. The molecular weight excluding hydrogens is 304 g/mol. The first kappa shape index (κ1) is 15.5. The molecular formula is C19H24N2O3. The quantitative estimate of drug-likeness (QED) is 0.923. The molecule has 128 valence electrons. The zero-order chi connectivity index (χ0) is 16.7. The van der Waals surface area contributed by atoms with Gasteiger partial charge in [-0.1, -0.05) is 18.2 Å². The van der Waals surface area contributed by atoms with Crippen molar-refractivity contribution >= 4 is 17.6 Å². The highest BCUT2D eigenvalue weighted by molar-refractivity contribution is 5.86. The van der Waals surface area contributed by atoms with E-state index in [-0.39, 0.29) is 23.7 Å². The first-order valence-corrected chi connectivity index (χ1v) is 8.97. The van der Waals surface area contributed by atoms with Crippen LogP contribution in [0.3, 0.4) is 0 Å². The minimum absolute atomic E-state index is 0.0855. The number of aliphatic carboxylic acids is 1. The number of carboxylic acid groups (broad SMARTS) is 1. The number of piperazine rings is 1. The fourth-order valence-electron chi connectivity index (χ4n) is 5.04. The van der Waals surface area contributed by atoms with E-state index in [9.17, 15) is 14.7 Å². The molecule has 5 heteroatoms. The molecule has 1 aromatic rings. The Balaban J connectivity index is 1.42. The lowest BCUT2D eigenvalue weighted by molar-refractivity contribution is -0.153. The molecule has 2 bridgehead atoms. The number of hydrogen-bond acceptors (Lipinski definition) is 3. The number of anilines is 1. The predicted octanol–water partition coefficient (Wildman–Crippen LogP) is 2.08. The third kappa shape index (κ3) is 2.56. The van der Waals surface area contributed by atoms with E-state index < -0.39 is 11.9 Å². The van der Waals surface area contributed by atoms with Gasteiger partial charge in [-0.15, -0.1) is 0 Å². The number of carbonyl (C=O) groups is 2. The van der Waals surface area contributed by atoms with Crippen LogP contribution in [0.2, 0.25) is 0 Å². The van der Waals surface area contributed by atoms with E-state index in [1.54, 1.807) is 0 Å². The van der Waals surface area contributed by atoms with Gasteiger partial charge < -0.3 is 14.9 Å². The lowest BCUT2D eigenvalue weighted by Gasteiger charge is -2.39. The summed E-state index contributed by atoms with van der Waals surface area (Å²) in [7, 11) is 0. The number of rotatable bonds is 3. The largest absolute Gasteiger partial charge is 0.481 e. The van der Waals surface area contributed by atoms with Crippen LogP contribution in [0, 0.1) is 23.7 Å². The van der Waals surface area contributed by atoms with Gasteiger partial charge >= 0.3 is 5.97 Å². The molecule has 3 fully saturated rings. The molecule has 1 saturated heterocycles. The Labute approximate surface area is 142 Å². The van der Waals surface area contributed by atoms with E-state index in [1.165, 1.54) is 5.69 Å². The Morgan fingerprint density at radius 3 is 2.17 bits per heavy atom. The van der Waals surface area contributed by atoms with E-state index in [1.807, 2.05) is 23.1 Å². The zero-order valence-electron chi connectivity index (χ0n) is 13.8. The summed E-state index contributed by atoms with van der Waals surface area (Å²) in [6.07, 6.45) is 2.93. The normalized spacial score (nSPS) is 32.2. The summed E-state index contributed by atoms with van der Waals surface area (Å²) in [5.41, 5.74) is 1.19. The number of carboxylic acids is 1. The molecule has 0 radical (unpaired) electrons.